The van der Waals surface area contributed by atoms with E-state index in [-0.39, 0.29) is 18.0 Å². The number of amides is 1. The summed E-state index contributed by atoms with van der Waals surface area (Å²) < 4.78 is 7.71. The first-order valence-corrected chi connectivity index (χ1v) is 12.0. The van der Waals surface area contributed by atoms with Crippen molar-refractivity contribution in [3.8, 4) is 0 Å². The average Bonchev–Trinajstić information content (AvgIpc) is 3.18. The fourth-order valence-corrected chi connectivity index (χ4v) is 5.24. The maximum Gasteiger partial charge on any atom is 0.237 e. The van der Waals surface area contributed by atoms with Crippen molar-refractivity contribution in [1.29, 1.82) is 0 Å². The van der Waals surface area contributed by atoms with Crippen LogP contribution >= 0.6 is 0 Å². The van der Waals surface area contributed by atoms with Crippen LogP contribution in [0.3, 0.4) is 0 Å². The Morgan fingerprint density at radius 2 is 2.12 bits per heavy atom. The summed E-state index contributed by atoms with van der Waals surface area (Å²) in [6, 6.07) is 6.87. The molecule has 1 fully saturated rings. The molecule has 2 aliphatic rings. The minimum atomic E-state index is -0.218. The third-order valence-electron chi connectivity index (χ3n) is 7.20. The van der Waals surface area contributed by atoms with Crippen molar-refractivity contribution in [2.75, 3.05) is 0 Å². The number of hydrogen-bond acceptors (Lipinski definition) is 4. The number of nitrogens with one attached hydrogen (secondary N) is 2. The van der Waals surface area contributed by atoms with Crippen molar-refractivity contribution in [3.63, 3.8) is 0 Å². The topological polar surface area (TPSA) is 72.1 Å². The Morgan fingerprint density at radius 1 is 1.31 bits per heavy atom. The van der Waals surface area contributed by atoms with Crippen molar-refractivity contribution >= 4 is 16.8 Å². The molecule has 0 unspecified atom stereocenters. The van der Waals surface area contributed by atoms with Gasteiger partial charge in [-0.1, -0.05) is 31.1 Å². The highest BCUT2D eigenvalue weighted by atomic mass is 16.5. The van der Waals surface area contributed by atoms with Crippen molar-refractivity contribution in [2.45, 2.75) is 84.5 Å². The number of aromatic nitrogens is 2. The molecule has 0 saturated heterocycles. The zero-order chi connectivity index (χ0) is 22.4. The molecule has 1 aliphatic carbocycles. The molecule has 5 rings (SSSR count). The lowest BCUT2D eigenvalue weighted by atomic mass is 9.92. The molecule has 6 heteroatoms. The zero-order valence-electron chi connectivity index (χ0n) is 19.6. The minimum absolute atomic E-state index is 0.142. The largest absolute Gasteiger partial charge is 0.361 e. The Bertz CT molecular complexity index is 1120. The molecule has 1 aromatic carbocycles. The van der Waals surface area contributed by atoms with Gasteiger partial charge in [0.1, 0.15) is 5.76 Å². The molecule has 1 aliphatic heterocycles. The van der Waals surface area contributed by atoms with Crippen molar-refractivity contribution in [1.82, 2.24) is 20.4 Å². The molecule has 0 bridgehead atoms. The van der Waals surface area contributed by atoms with Gasteiger partial charge in [-0.05, 0) is 69.1 Å². The van der Waals surface area contributed by atoms with E-state index in [4.69, 9.17) is 4.52 Å². The predicted molar refractivity (Wildman–Crippen MR) is 126 cm³/mol. The molecule has 2 aromatic heterocycles. The van der Waals surface area contributed by atoms with E-state index < -0.39 is 0 Å². The highest BCUT2D eigenvalue weighted by Gasteiger charge is 2.32. The Labute approximate surface area is 189 Å². The first-order chi connectivity index (χ1) is 15.4. The standard InChI is InChI=1S/C26H34N4O2/c1-15(2)11-22-20-9-6-10-24-25(20)18(12-23(28-22)26(31)27-19-7-5-8-19)13-30(24)14-21-16(3)29-32-17(21)4/h6,9-10,13,15,19,22-23,28H,5,7-8,11-12,14H2,1-4H3,(H,27,31)/t22-,23-/m0/s1. The number of carbonyl (C=O) groups excluding carboxylic acids is 1. The van der Waals surface area contributed by atoms with Gasteiger partial charge in [-0.3, -0.25) is 10.1 Å². The summed E-state index contributed by atoms with van der Waals surface area (Å²) in [4.78, 5) is 13.2. The Hall–Kier alpha value is -2.60. The summed E-state index contributed by atoms with van der Waals surface area (Å²) >= 11 is 0. The number of aryl methyl sites for hydroxylation is 2. The monoisotopic (exact) mass is 434 g/mol. The van der Waals surface area contributed by atoms with Crippen LogP contribution in [0.4, 0.5) is 0 Å². The van der Waals surface area contributed by atoms with Crippen LogP contribution in [0.25, 0.3) is 10.9 Å². The molecule has 1 saturated carbocycles. The van der Waals surface area contributed by atoms with Crippen LogP contribution in [-0.4, -0.2) is 27.7 Å². The summed E-state index contributed by atoms with van der Waals surface area (Å²) in [5.41, 5.74) is 5.84. The molecular formula is C26H34N4O2. The predicted octanol–water partition coefficient (Wildman–Crippen LogP) is 4.56. The molecule has 3 heterocycles. The molecular weight excluding hydrogens is 400 g/mol. The Balaban J connectivity index is 1.55. The number of carbonyl (C=O) groups is 1. The van der Waals surface area contributed by atoms with E-state index in [0.29, 0.717) is 18.4 Å². The van der Waals surface area contributed by atoms with Crippen LogP contribution in [0.5, 0.6) is 0 Å². The number of nitrogens with zero attached hydrogens (tertiary/aromatic N) is 2. The number of benzene rings is 1. The van der Waals surface area contributed by atoms with Crippen LogP contribution < -0.4 is 10.6 Å². The Morgan fingerprint density at radius 3 is 2.78 bits per heavy atom. The quantitative estimate of drug-likeness (QED) is 0.596. The zero-order valence-corrected chi connectivity index (χ0v) is 19.6. The van der Waals surface area contributed by atoms with Crippen molar-refractivity contribution < 1.29 is 9.32 Å². The lowest BCUT2D eigenvalue weighted by Crippen LogP contribution is -2.51. The molecule has 2 N–H and O–H groups in total. The van der Waals surface area contributed by atoms with Gasteiger partial charge in [0, 0.05) is 34.7 Å². The summed E-state index contributed by atoms with van der Waals surface area (Å²) in [7, 11) is 0. The van der Waals surface area contributed by atoms with Gasteiger partial charge in [0.25, 0.3) is 0 Å². The number of rotatable bonds is 6. The third-order valence-corrected chi connectivity index (χ3v) is 7.20. The van der Waals surface area contributed by atoms with Crippen molar-refractivity contribution in [3.05, 3.63) is 52.5 Å². The lowest BCUT2D eigenvalue weighted by molar-refractivity contribution is -0.124. The molecule has 32 heavy (non-hydrogen) atoms. The maximum absolute atomic E-state index is 13.2. The van der Waals surface area contributed by atoms with Crippen molar-refractivity contribution in [2.24, 2.45) is 5.92 Å². The second kappa shape index (κ2) is 8.39. The van der Waals surface area contributed by atoms with Gasteiger partial charge >= 0.3 is 0 Å². The third kappa shape index (κ3) is 3.85. The van der Waals surface area contributed by atoms with E-state index in [1.807, 2.05) is 13.8 Å². The molecule has 3 aromatic rings. The van der Waals surface area contributed by atoms with E-state index in [2.05, 4.69) is 58.6 Å². The van der Waals surface area contributed by atoms with Gasteiger partial charge < -0.3 is 14.4 Å². The van der Waals surface area contributed by atoms with Crippen LogP contribution in [0.15, 0.2) is 28.9 Å². The molecule has 1 amide bonds. The molecule has 2 atom stereocenters. The van der Waals surface area contributed by atoms with Crippen LogP contribution in [0, 0.1) is 19.8 Å². The molecule has 0 radical (unpaired) electrons. The second-order valence-electron chi connectivity index (χ2n) is 10.1. The summed E-state index contributed by atoms with van der Waals surface area (Å²) in [6.45, 7) is 9.19. The minimum Gasteiger partial charge on any atom is -0.361 e. The van der Waals surface area contributed by atoms with E-state index >= 15 is 0 Å². The van der Waals surface area contributed by atoms with E-state index in [1.54, 1.807) is 0 Å². The first-order valence-electron chi connectivity index (χ1n) is 12.0. The SMILES string of the molecule is Cc1noc(C)c1Cn1cc2c3c(cccc31)[C@H](CC(C)C)N[C@H](C(=O)NC1CCC1)C2. The highest BCUT2D eigenvalue weighted by Crippen LogP contribution is 2.36. The second-order valence-corrected chi connectivity index (χ2v) is 10.1. The first kappa shape index (κ1) is 21.3. The molecule has 0 spiro atoms. The summed E-state index contributed by atoms with van der Waals surface area (Å²) in [5, 5.41) is 12.4. The van der Waals surface area contributed by atoms with Crippen LogP contribution in [0.2, 0.25) is 0 Å². The van der Waals surface area contributed by atoms with Gasteiger partial charge in [-0.2, -0.15) is 0 Å². The lowest BCUT2D eigenvalue weighted by Gasteiger charge is -2.30. The maximum atomic E-state index is 13.2. The van der Waals surface area contributed by atoms with Gasteiger partial charge in [-0.25, -0.2) is 0 Å². The Kier molecular flexibility index (Phi) is 5.58. The van der Waals surface area contributed by atoms with Crippen LogP contribution in [-0.2, 0) is 17.8 Å². The summed E-state index contributed by atoms with van der Waals surface area (Å²) in [5.74, 6) is 1.54. The fraction of sp³-hybridized carbons (Fsp3) is 0.538. The molecule has 170 valence electrons. The number of hydrogen-bond donors (Lipinski definition) is 2. The smallest absolute Gasteiger partial charge is 0.237 e. The van der Waals surface area contributed by atoms with Gasteiger partial charge in [-0.15, -0.1) is 0 Å². The van der Waals surface area contributed by atoms with Gasteiger partial charge in [0.15, 0.2) is 0 Å². The van der Waals surface area contributed by atoms with E-state index in [1.165, 1.54) is 28.5 Å². The summed E-state index contributed by atoms with van der Waals surface area (Å²) in [6.07, 6.45) is 7.37. The van der Waals surface area contributed by atoms with Crippen LogP contribution in [0.1, 0.15) is 73.7 Å². The van der Waals surface area contributed by atoms with E-state index in [9.17, 15) is 4.79 Å². The highest BCUT2D eigenvalue weighted by molar-refractivity contribution is 5.90. The van der Waals surface area contributed by atoms with Gasteiger partial charge in [0.2, 0.25) is 5.91 Å². The fourth-order valence-electron chi connectivity index (χ4n) is 5.24. The molecule has 6 nitrogen and oxygen atoms in total. The van der Waals surface area contributed by atoms with Gasteiger partial charge in [0.05, 0.1) is 18.3 Å². The normalized spacial score (nSPS) is 21.0. The average molecular weight is 435 g/mol. The van der Waals surface area contributed by atoms with E-state index in [0.717, 1.165) is 42.8 Å².